The van der Waals surface area contributed by atoms with Gasteiger partial charge in [-0.15, -0.1) is 5.10 Å². The number of aliphatic hydroxyl groups excluding tert-OH is 1. The minimum Gasteiger partial charge on any atom is -0.480 e. The normalized spacial score (nSPS) is 13.0. The molecule has 1 aliphatic rings. The molecule has 0 radical (unpaired) electrons. The Morgan fingerprint density at radius 1 is 1.06 bits per heavy atom. The monoisotopic (exact) mass is 465 g/mol. The topological polar surface area (TPSA) is 156 Å². The Bertz CT molecular complexity index is 1160. The van der Waals surface area contributed by atoms with Gasteiger partial charge < -0.3 is 25.6 Å². The Labute approximate surface area is 194 Å². The number of aliphatic carboxylic acids is 1. The predicted octanol–water partition coefficient (Wildman–Crippen LogP) is 0.992. The summed E-state index contributed by atoms with van der Waals surface area (Å²) in [6.07, 6.45) is 0.734. The van der Waals surface area contributed by atoms with Gasteiger partial charge in [-0.1, -0.05) is 53.7 Å². The van der Waals surface area contributed by atoms with Crippen molar-refractivity contribution in [3.8, 4) is 11.1 Å². The first-order valence-corrected chi connectivity index (χ1v) is 10.6. The Balaban J connectivity index is 1.26. The average molecular weight is 465 g/mol. The molecule has 4 rings (SSSR count). The van der Waals surface area contributed by atoms with E-state index in [2.05, 4.69) is 33.1 Å². The summed E-state index contributed by atoms with van der Waals surface area (Å²) in [5.74, 6) is -2.18. The molecule has 2 amide bonds. The van der Waals surface area contributed by atoms with E-state index in [1.165, 1.54) is 10.9 Å². The number of aromatic nitrogens is 3. The van der Waals surface area contributed by atoms with Crippen LogP contribution in [-0.2, 0) is 16.1 Å². The summed E-state index contributed by atoms with van der Waals surface area (Å²) in [6.45, 7) is -0.162. The molecular weight excluding hydrogens is 442 g/mol. The molecule has 1 aliphatic carbocycles. The van der Waals surface area contributed by atoms with Gasteiger partial charge in [0.15, 0.2) is 11.7 Å². The Kier molecular flexibility index (Phi) is 6.83. The maximum atomic E-state index is 12.2. The van der Waals surface area contributed by atoms with E-state index in [9.17, 15) is 14.4 Å². The number of nitrogens with zero attached hydrogens (tertiary/aromatic N) is 3. The van der Waals surface area contributed by atoms with Gasteiger partial charge in [0.2, 0.25) is 0 Å². The van der Waals surface area contributed by atoms with Crippen LogP contribution in [0, 0.1) is 0 Å². The summed E-state index contributed by atoms with van der Waals surface area (Å²) in [5.41, 5.74) is 4.42. The zero-order valence-electron chi connectivity index (χ0n) is 18.0. The fourth-order valence-electron chi connectivity index (χ4n) is 3.85. The number of ether oxygens (including phenoxy) is 1. The molecule has 1 aromatic heterocycles. The van der Waals surface area contributed by atoms with Crippen molar-refractivity contribution in [3.05, 3.63) is 71.5 Å². The lowest BCUT2D eigenvalue weighted by Gasteiger charge is -2.14. The molecule has 0 spiro atoms. The number of hydrogen-bond donors (Lipinski definition) is 4. The van der Waals surface area contributed by atoms with Crippen molar-refractivity contribution in [1.82, 2.24) is 25.6 Å². The summed E-state index contributed by atoms with van der Waals surface area (Å²) < 4.78 is 6.79. The van der Waals surface area contributed by atoms with E-state index in [4.69, 9.17) is 14.9 Å². The molecule has 1 atom stereocenters. The van der Waals surface area contributed by atoms with E-state index in [0.717, 1.165) is 22.3 Å². The van der Waals surface area contributed by atoms with Gasteiger partial charge in [-0.05, 0) is 22.3 Å². The highest BCUT2D eigenvalue weighted by Crippen LogP contribution is 2.44. The lowest BCUT2D eigenvalue weighted by Crippen LogP contribution is -2.43. The molecule has 11 heteroatoms. The molecule has 0 aliphatic heterocycles. The number of carbonyl (C=O) groups is 3. The molecular formula is C23H23N5O6. The zero-order valence-corrected chi connectivity index (χ0v) is 18.0. The fraction of sp³-hybridized carbons (Fsp3) is 0.261. The van der Waals surface area contributed by atoms with Crippen molar-refractivity contribution in [3.63, 3.8) is 0 Å². The number of carboxylic acids is 1. The predicted molar refractivity (Wildman–Crippen MR) is 119 cm³/mol. The molecule has 1 heterocycles. The van der Waals surface area contributed by atoms with Gasteiger partial charge in [-0.25, -0.2) is 14.3 Å². The third kappa shape index (κ3) is 4.89. The number of carboxylic acid groups (broad SMARTS) is 1. The van der Waals surface area contributed by atoms with Gasteiger partial charge in [0, 0.05) is 12.5 Å². The van der Waals surface area contributed by atoms with Crippen molar-refractivity contribution in [2.75, 3.05) is 19.8 Å². The van der Waals surface area contributed by atoms with Crippen LogP contribution in [0.5, 0.6) is 0 Å². The first kappa shape index (κ1) is 22.9. The highest BCUT2D eigenvalue weighted by atomic mass is 16.5. The van der Waals surface area contributed by atoms with E-state index in [-0.39, 0.29) is 31.3 Å². The van der Waals surface area contributed by atoms with Gasteiger partial charge in [-0.2, -0.15) is 0 Å². The van der Waals surface area contributed by atoms with Gasteiger partial charge in [0.05, 0.1) is 19.3 Å². The number of rotatable bonds is 9. The van der Waals surface area contributed by atoms with Crippen LogP contribution < -0.4 is 10.6 Å². The Morgan fingerprint density at radius 2 is 1.71 bits per heavy atom. The van der Waals surface area contributed by atoms with E-state index < -0.39 is 30.6 Å². The molecule has 4 N–H and O–H groups in total. The molecule has 0 saturated carbocycles. The number of nitrogens with one attached hydrogen (secondary N) is 2. The number of fused-ring (bicyclic) bond motifs is 3. The molecule has 0 saturated heterocycles. The number of hydrogen-bond acceptors (Lipinski definition) is 7. The van der Waals surface area contributed by atoms with Crippen molar-refractivity contribution in [2.24, 2.45) is 0 Å². The standard InChI is InChI=1S/C23H23N5O6/c29-12-20(22(31)32)25-21(30)19-11-28(27-26-19)10-9-24-23(33)34-13-18-16-7-3-1-5-14(16)15-6-2-4-8-17(15)18/h1-8,11,18,20,29H,9-10,12-13H2,(H,24,33)(H,25,30)(H,31,32)/t20-/m0/s1. The lowest BCUT2D eigenvalue weighted by atomic mass is 9.98. The summed E-state index contributed by atoms with van der Waals surface area (Å²) in [6, 6.07) is 14.7. The van der Waals surface area contributed by atoms with Crippen LogP contribution in [0.1, 0.15) is 27.5 Å². The third-order valence-corrected chi connectivity index (χ3v) is 5.51. The second-order valence-electron chi connectivity index (χ2n) is 7.67. The van der Waals surface area contributed by atoms with Crippen LogP contribution in [0.3, 0.4) is 0 Å². The van der Waals surface area contributed by atoms with E-state index in [0.29, 0.717) is 0 Å². The summed E-state index contributed by atoms with van der Waals surface area (Å²) in [5, 5.41) is 30.1. The van der Waals surface area contributed by atoms with Crippen LogP contribution in [0.25, 0.3) is 11.1 Å². The van der Waals surface area contributed by atoms with Crippen LogP contribution >= 0.6 is 0 Å². The molecule has 0 fully saturated rings. The SMILES string of the molecule is O=C(NCCn1cc(C(=O)N[C@@H](CO)C(=O)O)nn1)OCC1c2ccccc2-c2ccccc21. The van der Waals surface area contributed by atoms with Crippen LogP contribution in [0.2, 0.25) is 0 Å². The van der Waals surface area contributed by atoms with Crippen LogP contribution in [0.4, 0.5) is 4.79 Å². The van der Waals surface area contributed by atoms with Crippen LogP contribution in [-0.4, -0.2) is 69.0 Å². The maximum absolute atomic E-state index is 12.2. The van der Waals surface area contributed by atoms with Gasteiger partial charge in [0.25, 0.3) is 5.91 Å². The molecule has 2 aromatic carbocycles. The fourth-order valence-corrected chi connectivity index (χ4v) is 3.85. The van der Waals surface area contributed by atoms with Crippen molar-refractivity contribution < 1.29 is 29.3 Å². The first-order valence-electron chi connectivity index (χ1n) is 10.6. The Hall–Kier alpha value is -4.25. The van der Waals surface area contributed by atoms with E-state index >= 15 is 0 Å². The minimum absolute atomic E-state index is 0.0388. The third-order valence-electron chi connectivity index (χ3n) is 5.51. The number of benzene rings is 2. The van der Waals surface area contributed by atoms with Gasteiger partial charge in [0.1, 0.15) is 6.61 Å². The highest BCUT2D eigenvalue weighted by molar-refractivity contribution is 5.94. The molecule has 34 heavy (non-hydrogen) atoms. The summed E-state index contributed by atoms with van der Waals surface area (Å²) in [7, 11) is 0. The van der Waals surface area contributed by atoms with E-state index in [1.807, 2.05) is 36.4 Å². The van der Waals surface area contributed by atoms with Gasteiger partial charge >= 0.3 is 12.1 Å². The number of carbonyl (C=O) groups excluding carboxylic acids is 2. The Morgan fingerprint density at radius 3 is 2.32 bits per heavy atom. The first-order chi connectivity index (χ1) is 16.5. The highest BCUT2D eigenvalue weighted by Gasteiger charge is 2.29. The molecule has 3 aromatic rings. The molecule has 0 bridgehead atoms. The molecule has 11 nitrogen and oxygen atoms in total. The van der Waals surface area contributed by atoms with Crippen molar-refractivity contribution >= 4 is 18.0 Å². The summed E-state index contributed by atoms with van der Waals surface area (Å²) >= 11 is 0. The number of aliphatic hydroxyl groups is 1. The van der Waals surface area contributed by atoms with Crippen LogP contribution in [0.15, 0.2) is 54.7 Å². The molecule has 0 unspecified atom stereocenters. The lowest BCUT2D eigenvalue weighted by molar-refractivity contribution is -0.140. The number of alkyl carbamates (subject to hydrolysis) is 1. The smallest absolute Gasteiger partial charge is 0.407 e. The maximum Gasteiger partial charge on any atom is 0.407 e. The van der Waals surface area contributed by atoms with E-state index in [1.54, 1.807) is 0 Å². The zero-order chi connectivity index (χ0) is 24.1. The molecule has 176 valence electrons. The second kappa shape index (κ2) is 10.1. The number of amides is 2. The largest absolute Gasteiger partial charge is 0.480 e. The average Bonchev–Trinajstić information content (AvgIpc) is 3.44. The van der Waals surface area contributed by atoms with Crippen molar-refractivity contribution in [1.29, 1.82) is 0 Å². The quantitative estimate of drug-likeness (QED) is 0.365. The van der Waals surface area contributed by atoms with Gasteiger partial charge in [-0.3, -0.25) is 4.79 Å². The second-order valence-corrected chi connectivity index (χ2v) is 7.67. The van der Waals surface area contributed by atoms with Crippen molar-refractivity contribution in [2.45, 2.75) is 18.5 Å². The minimum atomic E-state index is -1.44. The summed E-state index contributed by atoms with van der Waals surface area (Å²) in [4.78, 5) is 35.1.